The molecule has 0 saturated carbocycles. The molecular weight excluding hydrogens is 238 g/mol. The first kappa shape index (κ1) is 14.9. The fourth-order valence-electron chi connectivity index (χ4n) is 1.74. The molecule has 1 N–H and O–H groups in total. The van der Waals surface area contributed by atoms with Crippen molar-refractivity contribution in [3.63, 3.8) is 0 Å². The van der Waals surface area contributed by atoms with Crippen LogP contribution in [0.4, 0.5) is 8.78 Å². The first-order chi connectivity index (χ1) is 8.63. The van der Waals surface area contributed by atoms with Gasteiger partial charge in [-0.15, -0.1) is 0 Å². The van der Waals surface area contributed by atoms with Gasteiger partial charge in [-0.25, -0.2) is 0 Å². The molecule has 0 amide bonds. The van der Waals surface area contributed by atoms with Crippen molar-refractivity contribution in [2.45, 2.75) is 19.6 Å². The highest BCUT2D eigenvalue weighted by Gasteiger charge is 2.10. The Kier molecular flexibility index (Phi) is 6.60. The average Bonchev–Trinajstić information content (AvgIpc) is 2.31. The molecule has 1 aromatic carbocycles. The molecule has 5 heteroatoms. The summed E-state index contributed by atoms with van der Waals surface area (Å²) < 4.78 is 29.0. The van der Waals surface area contributed by atoms with Gasteiger partial charge in [0.05, 0.1) is 0 Å². The van der Waals surface area contributed by atoms with E-state index in [-0.39, 0.29) is 5.75 Å². The largest absolute Gasteiger partial charge is 0.434 e. The van der Waals surface area contributed by atoms with Crippen molar-refractivity contribution < 1.29 is 13.5 Å². The summed E-state index contributed by atoms with van der Waals surface area (Å²) in [6.07, 6.45) is 1.02. The summed E-state index contributed by atoms with van der Waals surface area (Å²) >= 11 is 0. The Morgan fingerprint density at radius 2 is 2.06 bits per heavy atom. The van der Waals surface area contributed by atoms with Gasteiger partial charge >= 0.3 is 6.61 Å². The van der Waals surface area contributed by atoms with Crippen molar-refractivity contribution in [2.75, 3.05) is 27.2 Å². The zero-order valence-electron chi connectivity index (χ0n) is 10.8. The van der Waals surface area contributed by atoms with E-state index in [1.165, 1.54) is 0 Å². The van der Waals surface area contributed by atoms with Gasteiger partial charge in [-0.2, -0.15) is 8.78 Å². The molecule has 1 rings (SSSR count). The number of nitrogens with one attached hydrogen (secondary N) is 1. The van der Waals surface area contributed by atoms with E-state index >= 15 is 0 Å². The van der Waals surface area contributed by atoms with Crippen molar-refractivity contribution in [1.29, 1.82) is 0 Å². The van der Waals surface area contributed by atoms with Crippen LogP contribution in [0, 0.1) is 0 Å². The molecule has 0 saturated heterocycles. The Morgan fingerprint density at radius 3 is 2.72 bits per heavy atom. The van der Waals surface area contributed by atoms with Gasteiger partial charge in [-0.1, -0.05) is 18.2 Å². The van der Waals surface area contributed by atoms with Gasteiger partial charge < -0.3 is 15.0 Å². The molecule has 0 atom stereocenters. The fraction of sp³-hybridized carbons (Fsp3) is 0.538. The number of halogens is 2. The van der Waals surface area contributed by atoms with E-state index in [0.717, 1.165) is 25.1 Å². The molecule has 1 aromatic rings. The lowest BCUT2D eigenvalue weighted by atomic mass is 10.2. The van der Waals surface area contributed by atoms with Crippen LogP contribution in [0.2, 0.25) is 0 Å². The van der Waals surface area contributed by atoms with E-state index in [1.54, 1.807) is 12.1 Å². The molecule has 0 spiro atoms. The van der Waals surface area contributed by atoms with Gasteiger partial charge in [0.15, 0.2) is 0 Å². The van der Waals surface area contributed by atoms with E-state index in [9.17, 15) is 8.78 Å². The first-order valence-corrected chi connectivity index (χ1v) is 5.99. The molecule has 0 fully saturated rings. The number of rotatable bonds is 8. The lowest BCUT2D eigenvalue weighted by Crippen LogP contribution is -2.22. The maximum Gasteiger partial charge on any atom is 0.387 e. The summed E-state index contributed by atoms with van der Waals surface area (Å²) in [4.78, 5) is 2.09. The number of para-hydroxylation sites is 1. The minimum absolute atomic E-state index is 0.257. The lowest BCUT2D eigenvalue weighted by molar-refractivity contribution is -0.0507. The Bertz CT molecular complexity index is 348. The molecule has 18 heavy (non-hydrogen) atoms. The zero-order valence-corrected chi connectivity index (χ0v) is 10.8. The number of nitrogens with zero attached hydrogens (tertiary/aromatic N) is 1. The molecule has 0 heterocycles. The first-order valence-electron chi connectivity index (χ1n) is 5.99. The summed E-state index contributed by atoms with van der Waals surface area (Å²) in [7, 11) is 3.88. The molecule has 0 aliphatic carbocycles. The summed E-state index contributed by atoms with van der Waals surface area (Å²) in [5, 5.41) is 3.07. The van der Waals surface area contributed by atoms with Crippen LogP contribution < -0.4 is 10.1 Å². The van der Waals surface area contributed by atoms with Crippen LogP contribution in [0.15, 0.2) is 24.3 Å². The predicted octanol–water partition coefficient (Wildman–Crippen LogP) is 2.33. The number of ether oxygens (including phenoxy) is 1. The molecule has 3 nitrogen and oxygen atoms in total. The lowest BCUT2D eigenvalue weighted by Gasteiger charge is -2.18. The number of benzene rings is 1. The standard InChI is InChI=1S/C13H20F2N2O/c1-16-8-5-9-17(2)10-11-6-3-4-7-12(11)18-13(14)15/h3-4,6-7,13,16H,5,8-10H2,1-2H3. The van der Waals surface area contributed by atoms with Crippen LogP contribution in [0.3, 0.4) is 0 Å². The summed E-state index contributed by atoms with van der Waals surface area (Å²) in [6.45, 7) is -0.323. The molecule has 0 radical (unpaired) electrons. The van der Waals surface area contributed by atoms with Gasteiger partial charge in [0.1, 0.15) is 5.75 Å². The predicted molar refractivity (Wildman–Crippen MR) is 68.0 cm³/mol. The Labute approximate surface area is 107 Å². The molecule has 0 aliphatic rings. The SMILES string of the molecule is CNCCCN(C)Cc1ccccc1OC(F)F. The van der Waals surface area contributed by atoms with E-state index in [0.29, 0.717) is 6.54 Å². The summed E-state index contributed by atoms with van der Waals surface area (Å²) in [6, 6.07) is 6.91. The quantitative estimate of drug-likeness (QED) is 0.724. The Balaban J connectivity index is 2.54. The monoisotopic (exact) mass is 258 g/mol. The van der Waals surface area contributed by atoms with Crippen LogP contribution in [-0.2, 0) is 6.54 Å². The average molecular weight is 258 g/mol. The molecule has 0 bridgehead atoms. The molecule has 0 aliphatic heterocycles. The van der Waals surface area contributed by atoms with E-state index < -0.39 is 6.61 Å². The van der Waals surface area contributed by atoms with E-state index in [4.69, 9.17) is 0 Å². The van der Waals surface area contributed by atoms with Crippen molar-refractivity contribution in [1.82, 2.24) is 10.2 Å². The van der Waals surface area contributed by atoms with Crippen molar-refractivity contribution in [3.8, 4) is 5.75 Å². The third-order valence-electron chi connectivity index (χ3n) is 2.60. The van der Waals surface area contributed by atoms with Crippen molar-refractivity contribution >= 4 is 0 Å². The minimum Gasteiger partial charge on any atom is -0.434 e. The topological polar surface area (TPSA) is 24.5 Å². The highest BCUT2D eigenvalue weighted by atomic mass is 19.3. The second kappa shape index (κ2) is 8.00. The third-order valence-corrected chi connectivity index (χ3v) is 2.60. The fourth-order valence-corrected chi connectivity index (χ4v) is 1.74. The van der Waals surface area contributed by atoms with Gasteiger partial charge in [0.25, 0.3) is 0 Å². The second-order valence-corrected chi connectivity index (χ2v) is 4.18. The maximum absolute atomic E-state index is 12.2. The van der Waals surface area contributed by atoms with Crippen LogP contribution in [0.1, 0.15) is 12.0 Å². The second-order valence-electron chi connectivity index (χ2n) is 4.18. The molecule has 0 unspecified atom stereocenters. The smallest absolute Gasteiger partial charge is 0.387 e. The Morgan fingerprint density at radius 1 is 1.33 bits per heavy atom. The van der Waals surface area contributed by atoms with E-state index in [1.807, 2.05) is 26.2 Å². The van der Waals surface area contributed by atoms with Gasteiger partial charge in [0.2, 0.25) is 0 Å². The molecule has 102 valence electrons. The normalized spacial score (nSPS) is 11.2. The number of alkyl halides is 2. The minimum atomic E-state index is -2.78. The van der Waals surface area contributed by atoms with Crippen LogP contribution >= 0.6 is 0 Å². The number of hydrogen-bond donors (Lipinski definition) is 1. The highest BCUT2D eigenvalue weighted by Crippen LogP contribution is 2.21. The highest BCUT2D eigenvalue weighted by molar-refractivity contribution is 5.33. The Hall–Kier alpha value is -1.20. The van der Waals surface area contributed by atoms with E-state index in [2.05, 4.69) is 15.0 Å². The van der Waals surface area contributed by atoms with Gasteiger partial charge in [-0.3, -0.25) is 0 Å². The summed E-state index contributed by atoms with van der Waals surface area (Å²) in [5.74, 6) is 0.257. The van der Waals surface area contributed by atoms with Gasteiger partial charge in [-0.05, 0) is 39.7 Å². The zero-order chi connectivity index (χ0) is 13.4. The van der Waals surface area contributed by atoms with Crippen LogP contribution in [0.25, 0.3) is 0 Å². The number of hydrogen-bond acceptors (Lipinski definition) is 3. The third kappa shape index (κ3) is 5.42. The van der Waals surface area contributed by atoms with Crippen LogP contribution in [0.5, 0.6) is 5.75 Å². The van der Waals surface area contributed by atoms with Crippen molar-refractivity contribution in [2.24, 2.45) is 0 Å². The van der Waals surface area contributed by atoms with Crippen molar-refractivity contribution in [3.05, 3.63) is 29.8 Å². The molecule has 0 aromatic heterocycles. The molecular formula is C13H20F2N2O. The van der Waals surface area contributed by atoms with Gasteiger partial charge in [0, 0.05) is 12.1 Å². The maximum atomic E-state index is 12.2. The summed E-state index contributed by atoms with van der Waals surface area (Å²) in [5.41, 5.74) is 0.782. The van der Waals surface area contributed by atoms with Crippen LogP contribution in [-0.4, -0.2) is 38.7 Å².